The third kappa shape index (κ3) is 2.83. The van der Waals surface area contributed by atoms with E-state index in [1.165, 1.54) is 0 Å². The average molecular weight is 306 g/mol. The van der Waals surface area contributed by atoms with E-state index >= 15 is 0 Å². The second-order valence-corrected chi connectivity index (χ2v) is 5.33. The molecule has 0 spiro atoms. The van der Waals surface area contributed by atoms with Crippen LogP contribution >= 0.6 is 11.6 Å². The van der Waals surface area contributed by atoms with Gasteiger partial charge in [0.15, 0.2) is 5.69 Å². The molecule has 0 aliphatic carbocycles. The Morgan fingerprint density at radius 2 is 1.68 bits per heavy atom. The van der Waals surface area contributed by atoms with E-state index in [4.69, 9.17) is 18.2 Å². The van der Waals surface area contributed by atoms with Gasteiger partial charge in [-0.1, -0.05) is 35.9 Å². The van der Waals surface area contributed by atoms with Crippen LogP contribution in [0.4, 0.5) is 5.69 Å². The van der Waals surface area contributed by atoms with Gasteiger partial charge in [-0.2, -0.15) is 0 Å². The van der Waals surface area contributed by atoms with Crippen molar-refractivity contribution < 1.29 is 0 Å². The maximum absolute atomic E-state index is 7.03. The molecule has 1 aromatic carbocycles. The monoisotopic (exact) mass is 305 g/mol. The topological polar surface area (TPSA) is 30.1 Å². The molecule has 0 unspecified atom stereocenters. The molecule has 0 N–H and O–H groups in total. The second-order valence-electron chi connectivity index (χ2n) is 4.90. The van der Waals surface area contributed by atoms with Crippen molar-refractivity contribution in [3.63, 3.8) is 0 Å². The van der Waals surface area contributed by atoms with Crippen molar-refractivity contribution in [3.05, 3.63) is 77.0 Å². The number of pyridine rings is 2. The Morgan fingerprint density at radius 3 is 2.32 bits per heavy atom. The van der Waals surface area contributed by atoms with Crippen LogP contribution in [0.15, 0.2) is 54.9 Å². The van der Waals surface area contributed by atoms with Gasteiger partial charge in [0.2, 0.25) is 0 Å². The fraction of sp³-hybridized carbons (Fsp3) is 0.0556. The largest absolute Gasteiger partial charge is 0.261 e. The lowest BCUT2D eigenvalue weighted by molar-refractivity contribution is 1.19. The van der Waals surface area contributed by atoms with E-state index in [0.717, 1.165) is 28.1 Å². The van der Waals surface area contributed by atoms with Gasteiger partial charge >= 0.3 is 0 Å². The summed E-state index contributed by atoms with van der Waals surface area (Å²) in [5.74, 6) is 0. The van der Waals surface area contributed by atoms with Crippen LogP contribution in [-0.4, -0.2) is 9.97 Å². The summed E-state index contributed by atoms with van der Waals surface area (Å²) in [6.07, 6.45) is 3.44. The van der Waals surface area contributed by atoms with Crippen LogP contribution in [0.1, 0.15) is 5.69 Å². The second kappa shape index (κ2) is 5.97. The Labute approximate surface area is 134 Å². The lowest BCUT2D eigenvalue weighted by Crippen LogP contribution is -1.91. The number of hydrogen-bond acceptors (Lipinski definition) is 2. The Kier molecular flexibility index (Phi) is 3.86. The molecule has 4 heteroatoms. The maximum Gasteiger partial charge on any atom is 0.187 e. The summed E-state index contributed by atoms with van der Waals surface area (Å²) < 4.78 is 0. The molecule has 0 amide bonds. The Hall–Kier alpha value is -2.70. The SMILES string of the molecule is [C-]#[N+]c1ccc(-c2cc(Cl)cnc2-c2ccc(C)nc2)cc1. The minimum absolute atomic E-state index is 0.577. The summed E-state index contributed by atoms with van der Waals surface area (Å²) in [6.45, 7) is 8.98. The zero-order chi connectivity index (χ0) is 15.5. The van der Waals surface area contributed by atoms with Gasteiger partial charge in [-0.25, -0.2) is 4.85 Å². The molecule has 2 heterocycles. The normalized spacial score (nSPS) is 10.2. The average Bonchev–Trinajstić information content (AvgIpc) is 2.56. The van der Waals surface area contributed by atoms with E-state index in [1.54, 1.807) is 18.3 Å². The van der Waals surface area contributed by atoms with Crippen LogP contribution < -0.4 is 0 Å². The lowest BCUT2D eigenvalue weighted by atomic mass is 10.00. The molecular weight excluding hydrogens is 294 g/mol. The molecule has 22 heavy (non-hydrogen) atoms. The van der Waals surface area contributed by atoms with Crippen LogP contribution in [0.2, 0.25) is 5.02 Å². The highest BCUT2D eigenvalue weighted by Crippen LogP contribution is 2.33. The fourth-order valence-electron chi connectivity index (χ4n) is 2.21. The molecule has 0 saturated carbocycles. The van der Waals surface area contributed by atoms with Crippen molar-refractivity contribution in [1.29, 1.82) is 0 Å². The molecule has 0 radical (unpaired) electrons. The molecule has 3 nitrogen and oxygen atoms in total. The number of rotatable bonds is 2. The summed E-state index contributed by atoms with van der Waals surface area (Å²) in [7, 11) is 0. The number of aromatic nitrogens is 2. The van der Waals surface area contributed by atoms with Gasteiger partial charge in [0, 0.05) is 29.2 Å². The molecular formula is C18H12ClN3. The van der Waals surface area contributed by atoms with Crippen LogP contribution in [-0.2, 0) is 0 Å². The number of benzene rings is 1. The van der Waals surface area contributed by atoms with Gasteiger partial charge in [-0.15, -0.1) is 0 Å². The molecule has 0 atom stereocenters. The van der Waals surface area contributed by atoms with Gasteiger partial charge in [0.1, 0.15) is 0 Å². The number of aryl methyl sites for hydroxylation is 1. The minimum Gasteiger partial charge on any atom is -0.261 e. The predicted octanol–water partition coefficient (Wildman–Crippen LogP) is 5.32. The zero-order valence-electron chi connectivity index (χ0n) is 11.9. The van der Waals surface area contributed by atoms with Crippen molar-refractivity contribution in [1.82, 2.24) is 9.97 Å². The first-order valence-electron chi connectivity index (χ1n) is 6.74. The third-order valence-corrected chi connectivity index (χ3v) is 3.55. The summed E-state index contributed by atoms with van der Waals surface area (Å²) >= 11 is 6.11. The van der Waals surface area contributed by atoms with E-state index in [9.17, 15) is 0 Å². The maximum atomic E-state index is 7.03. The smallest absolute Gasteiger partial charge is 0.187 e. The van der Waals surface area contributed by atoms with E-state index < -0.39 is 0 Å². The van der Waals surface area contributed by atoms with E-state index in [0.29, 0.717) is 10.7 Å². The number of halogens is 1. The summed E-state index contributed by atoms with van der Waals surface area (Å²) in [6, 6.07) is 13.2. The van der Waals surface area contributed by atoms with Crippen molar-refractivity contribution >= 4 is 17.3 Å². The molecule has 106 valence electrons. The lowest BCUT2D eigenvalue weighted by Gasteiger charge is -2.10. The minimum atomic E-state index is 0.577. The van der Waals surface area contributed by atoms with Gasteiger partial charge in [-0.3, -0.25) is 9.97 Å². The predicted molar refractivity (Wildman–Crippen MR) is 88.9 cm³/mol. The molecule has 2 aromatic heterocycles. The highest BCUT2D eigenvalue weighted by Gasteiger charge is 2.10. The summed E-state index contributed by atoms with van der Waals surface area (Å²) in [4.78, 5) is 12.2. The quantitative estimate of drug-likeness (QED) is 0.599. The molecule has 0 aliphatic heterocycles. The first kappa shape index (κ1) is 14.2. The van der Waals surface area contributed by atoms with Crippen LogP contribution in [0.3, 0.4) is 0 Å². The first-order chi connectivity index (χ1) is 10.7. The zero-order valence-corrected chi connectivity index (χ0v) is 12.7. The van der Waals surface area contributed by atoms with Crippen molar-refractivity contribution in [2.24, 2.45) is 0 Å². The van der Waals surface area contributed by atoms with Gasteiger partial charge in [0.25, 0.3) is 0 Å². The van der Waals surface area contributed by atoms with E-state index in [-0.39, 0.29) is 0 Å². The van der Waals surface area contributed by atoms with Gasteiger partial charge in [-0.05, 0) is 30.7 Å². The standard InChI is InChI=1S/C18H12ClN3/c1-12-3-4-14(10-21-12)18-17(9-15(19)11-22-18)13-5-7-16(20-2)8-6-13/h3-11H,1H3. The first-order valence-corrected chi connectivity index (χ1v) is 7.11. The van der Waals surface area contributed by atoms with Crippen LogP contribution in [0, 0.1) is 13.5 Å². The Balaban J connectivity index is 2.15. The Morgan fingerprint density at radius 1 is 0.955 bits per heavy atom. The Bertz CT molecular complexity index is 847. The molecule has 3 aromatic rings. The molecule has 3 rings (SSSR count). The highest BCUT2D eigenvalue weighted by atomic mass is 35.5. The van der Waals surface area contributed by atoms with Crippen molar-refractivity contribution in [3.8, 4) is 22.4 Å². The summed E-state index contributed by atoms with van der Waals surface area (Å²) in [5, 5.41) is 0.577. The van der Waals surface area contributed by atoms with Crippen molar-refractivity contribution in [2.45, 2.75) is 6.92 Å². The highest BCUT2D eigenvalue weighted by molar-refractivity contribution is 6.30. The van der Waals surface area contributed by atoms with Gasteiger partial charge in [0.05, 0.1) is 17.3 Å². The van der Waals surface area contributed by atoms with E-state index in [1.807, 2.05) is 43.5 Å². The fourth-order valence-corrected chi connectivity index (χ4v) is 2.37. The van der Waals surface area contributed by atoms with Crippen molar-refractivity contribution in [2.75, 3.05) is 0 Å². The number of nitrogens with zero attached hydrogens (tertiary/aromatic N) is 3. The van der Waals surface area contributed by atoms with Crippen LogP contribution in [0.25, 0.3) is 27.2 Å². The molecule has 0 bridgehead atoms. The summed E-state index contributed by atoms with van der Waals surface area (Å²) in [5.41, 5.74) is 5.23. The van der Waals surface area contributed by atoms with E-state index in [2.05, 4.69) is 14.8 Å². The third-order valence-electron chi connectivity index (χ3n) is 3.35. The molecule has 0 aliphatic rings. The molecule has 0 saturated heterocycles. The van der Waals surface area contributed by atoms with Gasteiger partial charge < -0.3 is 0 Å². The molecule has 0 fully saturated rings. The number of hydrogen-bond donors (Lipinski definition) is 0. The van der Waals surface area contributed by atoms with Crippen LogP contribution in [0.5, 0.6) is 0 Å².